The van der Waals surface area contributed by atoms with Crippen molar-refractivity contribution >= 4 is 45.3 Å². The fourth-order valence-electron chi connectivity index (χ4n) is 11.8. The largest absolute Gasteiger partial charge is 0.756 e. The van der Waals surface area contributed by atoms with Crippen molar-refractivity contribution in [3.8, 4) is 0 Å². The number of carbonyl (C=O) groups is 4. The molecule has 0 heterocycles. The van der Waals surface area contributed by atoms with Crippen LogP contribution in [-0.2, 0) is 46.6 Å². The predicted octanol–water partition coefficient (Wildman–Crippen LogP) is 20.9. The minimum absolute atomic E-state index is 0.113. The maximum atomic E-state index is 13.2. The molecule has 0 spiro atoms. The Kier molecular flexibility index (Phi) is 66.6. The monoisotopic (exact) mass is 1350 g/mol. The molecule has 0 bridgehead atoms. The van der Waals surface area contributed by atoms with E-state index in [1.165, 1.54) is 238 Å². The van der Waals surface area contributed by atoms with Crippen molar-refractivity contribution in [2.75, 3.05) is 33.0 Å². The van der Waals surface area contributed by atoms with Crippen LogP contribution in [0.25, 0.3) is 0 Å². The minimum Gasteiger partial charge on any atom is -0.756 e. The first-order chi connectivity index (χ1) is 44.7. The van der Waals surface area contributed by atoms with Gasteiger partial charge < -0.3 is 48.4 Å². The normalized spacial score (nSPS) is 14.0. The third-order valence-electron chi connectivity index (χ3n) is 17.8. The molecular weight excluding hydrogens is 1200 g/mol. The highest BCUT2D eigenvalue weighted by Crippen LogP contribution is 2.43. The van der Waals surface area contributed by atoms with Crippen molar-refractivity contribution in [3.05, 3.63) is 0 Å². The van der Waals surface area contributed by atoms with E-state index in [0.717, 1.165) is 83.5 Å². The number of phosphoric ester groups is 1. The molecule has 17 heteroatoms. The molecule has 0 aliphatic rings. The number of aliphatic hydroxyl groups excluding tert-OH is 1. The van der Waals surface area contributed by atoms with Crippen LogP contribution in [0.5, 0.6) is 0 Å². The van der Waals surface area contributed by atoms with Crippen LogP contribution in [-0.4, -0.2) is 91.1 Å². The van der Waals surface area contributed by atoms with E-state index in [2.05, 4.69) is 44.6 Å². The van der Waals surface area contributed by atoms with E-state index < -0.39 is 59.4 Å². The number of amides is 2. The summed E-state index contributed by atoms with van der Waals surface area (Å²) in [6.45, 7) is 6.54. The van der Waals surface area contributed by atoms with Crippen LogP contribution in [0.1, 0.15) is 400 Å². The van der Waals surface area contributed by atoms with Crippen molar-refractivity contribution in [1.29, 1.82) is 0 Å². The summed E-state index contributed by atoms with van der Waals surface area (Å²) in [5.74, 6) is -0.783. The van der Waals surface area contributed by atoms with Crippen LogP contribution in [0, 0.1) is 0 Å². The first-order valence-electron chi connectivity index (χ1n) is 39.0. The number of ether oxygens (including phenoxy) is 1. The van der Waals surface area contributed by atoms with Gasteiger partial charge in [0.2, 0.25) is 19.4 Å². The predicted molar refractivity (Wildman–Crippen MR) is 384 cm³/mol. The maximum Gasteiger partial charge on any atom is 0.305 e. The number of hydrogen-bond donors (Lipinski definition) is 4. The van der Waals surface area contributed by atoms with Gasteiger partial charge in [0.1, 0.15) is 18.5 Å². The fourth-order valence-corrected chi connectivity index (χ4v) is 13.5. The summed E-state index contributed by atoms with van der Waals surface area (Å²) in [6.07, 6.45) is 66.2. The maximum absolute atomic E-state index is 13.2. The van der Waals surface area contributed by atoms with Crippen LogP contribution in [0.15, 0.2) is 0 Å². The lowest BCUT2D eigenvalue weighted by atomic mass is 10.0. The molecule has 2 amide bonds. The van der Waals surface area contributed by atoms with Gasteiger partial charge in [0.25, 0.3) is 7.82 Å². The second kappa shape index (κ2) is 67.9. The fraction of sp³-hybridized carbons (Fsp3) is 0.933. The minimum atomic E-state index is -5.08. The molecule has 0 aliphatic heterocycles. The van der Waals surface area contributed by atoms with E-state index in [-0.39, 0.29) is 50.1 Å². The molecule has 0 radical (unpaired) electrons. The van der Waals surface area contributed by atoms with Gasteiger partial charge in [0.05, 0.1) is 38.5 Å². The summed E-state index contributed by atoms with van der Waals surface area (Å²) in [5, 5.41) is 16.5. The number of carbonyl (C=O) groups excluding carboxylic acids is 4. The molecule has 0 aliphatic carbocycles. The number of rotatable bonds is 75. The highest BCUT2D eigenvalue weighted by Gasteiger charge is 2.24. The summed E-state index contributed by atoms with van der Waals surface area (Å²) in [5.41, 5.74) is 0. The van der Waals surface area contributed by atoms with Gasteiger partial charge in [-0.25, -0.2) is 0 Å². The number of ketones is 1. The lowest BCUT2D eigenvalue weighted by molar-refractivity contribution is -0.228. The summed E-state index contributed by atoms with van der Waals surface area (Å²) in [7, 11) is -8.94. The summed E-state index contributed by atoms with van der Waals surface area (Å²) < 4.78 is 40.0. The molecule has 0 fully saturated rings. The van der Waals surface area contributed by atoms with Gasteiger partial charge in [-0.3, -0.25) is 23.7 Å². The summed E-state index contributed by atoms with van der Waals surface area (Å²) in [4.78, 5) is 76.4. The smallest absolute Gasteiger partial charge is 0.305 e. The van der Waals surface area contributed by atoms with Gasteiger partial charge in [0.15, 0.2) is 0 Å². The number of esters is 1. The Hall–Kier alpha value is -1.67. The molecule has 0 rings (SSSR count). The lowest BCUT2D eigenvalue weighted by Gasteiger charge is -2.27. The zero-order valence-electron chi connectivity index (χ0n) is 60.3. The van der Waals surface area contributed by atoms with Gasteiger partial charge in [-0.1, -0.05) is 336 Å². The number of nitrogens with one attached hydrogen (secondary N) is 2. The molecular formula is C75H147N2O13P2-. The lowest BCUT2D eigenvalue weighted by Crippen LogP contribution is -2.42. The Morgan fingerprint density at radius 2 is 0.620 bits per heavy atom. The zero-order valence-corrected chi connectivity index (χ0v) is 62.1. The van der Waals surface area contributed by atoms with Crippen LogP contribution in [0.2, 0.25) is 0 Å². The number of aliphatic hydroxyl groups is 1. The van der Waals surface area contributed by atoms with Crippen molar-refractivity contribution in [3.63, 3.8) is 0 Å². The summed E-state index contributed by atoms with van der Waals surface area (Å²) in [6, 6.07) is -1.58. The van der Waals surface area contributed by atoms with Crippen LogP contribution >= 0.6 is 15.4 Å². The summed E-state index contributed by atoms with van der Waals surface area (Å²) >= 11 is 0. The van der Waals surface area contributed by atoms with Crippen molar-refractivity contribution in [2.45, 2.75) is 418 Å². The van der Waals surface area contributed by atoms with Crippen molar-refractivity contribution in [1.82, 2.24) is 10.6 Å². The Balaban J connectivity index is 5.25. The number of Topliss-reactive ketones (excluding diaryl/α,β-unsaturated/α-hetero) is 1. The van der Waals surface area contributed by atoms with Gasteiger partial charge in [-0.2, -0.15) is 0 Å². The Labute approximate surface area is 566 Å². The van der Waals surface area contributed by atoms with E-state index in [1.807, 2.05) is 0 Å². The van der Waals surface area contributed by atoms with Gasteiger partial charge in [-0.05, 0) is 38.4 Å². The van der Waals surface area contributed by atoms with Crippen LogP contribution in [0.3, 0.4) is 0 Å². The Bertz CT molecular complexity index is 1640. The Morgan fingerprint density at radius 1 is 0.359 bits per heavy atom. The SMILES string of the molecule is C=P(O)(OCC(O)COP(=O)([O-])OCC(COC(=O)CCCCCCCCCCCCCCC)NC(=O)CCCCCCCCCCCCCCC)OCC(CCC(=O)CCCCCCCCCCCCCCC)NC(=O)CCCCCCCCCCCCCCC. The third-order valence-corrected chi connectivity index (χ3v) is 19.8. The second-order valence-corrected chi connectivity index (χ2v) is 30.4. The first-order valence-corrected chi connectivity index (χ1v) is 42.2. The van der Waals surface area contributed by atoms with Crippen LogP contribution in [0.4, 0.5) is 0 Å². The number of hydrogen-bond acceptors (Lipinski definition) is 13. The zero-order chi connectivity index (χ0) is 67.5. The highest BCUT2D eigenvalue weighted by atomic mass is 31.2. The Morgan fingerprint density at radius 3 is 0.967 bits per heavy atom. The van der Waals surface area contributed by atoms with Crippen molar-refractivity contribution < 1.29 is 61.5 Å². The topological polar surface area (TPSA) is 219 Å². The van der Waals surface area contributed by atoms with Gasteiger partial charge in [-0.15, -0.1) is 0 Å². The molecule has 15 nitrogen and oxygen atoms in total. The molecule has 0 aromatic carbocycles. The molecule has 0 aromatic rings. The molecule has 0 saturated carbocycles. The van der Waals surface area contributed by atoms with Gasteiger partial charge >= 0.3 is 5.97 Å². The third kappa shape index (κ3) is 66.9. The molecule has 0 aromatic heterocycles. The molecule has 546 valence electrons. The average Bonchev–Trinajstić information content (AvgIpc) is 3.51. The number of phosphoric acid groups is 1. The molecule has 0 saturated heterocycles. The van der Waals surface area contributed by atoms with E-state index in [9.17, 15) is 38.6 Å². The standard InChI is InChI=1S/C75H148N2O13P2/c1-6-10-14-18-22-26-30-34-38-42-46-50-54-58-71(78)63-62-69(76-73(80)59-55-51-47-43-39-35-31-27-23-19-15-11-7-2)65-87-91(5,83)88-67-72(79)68-90-92(84,85)89-66-70(77-74(81)60-56-52-48-44-40-36-32-28-24-20-16-12-8-3)64-86-75(82)61-57-53-49-45-41-37-33-29-25-21-17-13-9-4/h69-70,72,79,83H,5-68H2,1-4H3,(H,76,80)(H,77,81)(H,84,85)/p-1. The highest BCUT2D eigenvalue weighted by molar-refractivity contribution is 7.58. The van der Waals surface area contributed by atoms with E-state index in [1.54, 1.807) is 0 Å². The van der Waals surface area contributed by atoms with E-state index in [4.69, 9.17) is 22.8 Å². The van der Waals surface area contributed by atoms with E-state index >= 15 is 0 Å². The molecule has 92 heavy (non-hydrogen) atoms. The molecule has 4 N–H and O–H groups in total. The van der Waals surface area contributed by atoms with E-state index in [0.29, 0.717) is 32.1 Å². The average molecular weight is 1350 g/mol. The quantitative estimate of drug-likeness (QED) is 0.0253. The molecule has 5 atom stereocenters. The van der Waals surface area contributed by atoms with Crippen LogP contribution < -0.4 is 15.5 Å². The second-order valence-electron chi connectivity index (χ2n) is 27.2. The number of unbranched alkanes of at least 4 members (excludes halogenated alkanes) is 48. The molecule has 5 unspecified atom stereocenters. The van der Waals surface area contributed by atoms with Crippen molar-refractivity contribution in [2.24, 2.45) is 0 Å². The first kappa shape index (κ1) is 90.3. The van der Waals surface area contributed by atoms with Gasteiger partial charge in [0, 0.05) is 32.1 Å².